The maximum atomic E-state index is 13.0. The molecule has 23 heavy (non-hydrogen) atoms. The molecule has 1 aliphatic rings. The number of benzene rings is 2. The van der Waals surface area contributed by atoms with Crippen molar-refractivity contribution >= 4 is 28.3 Å². The summed E-state index contributed by atoms with van der Waals surface area (Å²) in [6, 6.07) is 13.1. The van der Waals surface area contributed by atoms with E-state index in [9.17, 15) is 8.78 Å². The van der Waals surface area contributed by atoms with Gasteiger partial charge in [0.25, 0.3) is 0 Å². The molecule has 0 bridgehead atoms. The molecule has 0 radical (unpaired) electrons. The Morgan fingerprint density at radius 2 is 1.39 bits per heavy atom. The highest BCUT2D eigenvalue weighted by Crippen LogP contribution is 2.22. The second kappa shape index (κ2) is 7.38. The van der Waals surface area contributed by atoms with Crippen LogP contribution in [0.3, 0.4) is 0 Å². The van der Waals surface area contributed by atoms with Gasteiger partial charge in [0.05, 0.1) is 12.5 Å². The smallest absolute Gasteiger partial charge is 0.138 e. The van der Waals surface area contributed by atoms with E-state index in [4.69, 9.17) is 12.2 Å². The van der Waals surface area contributed by atoms with Gasteiger partial charge < -0.3 is 4.90 Å². The number of rotatable bonds is 4. The first-order valence-corrected chi connectivity index (χ1v) is 8.62. The van der Waals surface area contributed by atoms with Gasteiger partial charge in [-0.3, -0.25) is 4.90 Å². The first kappa shape index (κ1) is 16.4. The van der Waals surface area contributed by atoms with E-state index < -0.39 is 0 Å². The fourth-order valence-electron chi connectivity index (χ4n) is 2.45. The predicted octanol–water partition coefficient (Wildman–Crippen LogP) is 4.22. The summed E-state index contributed by atoms with van der Waals surface area (Å²) < 4.78 is 26.8. The number of halogens is 2. The zero-order valence-electron chi connectivity index (χ0n) is 12.4. The number of hydrogen-bond acceptors (Lipinski definition) is 3. The van der Waals surface area contributed by atoms with Gasteiger partial charge in [-0.25, -0.2) is 8.78 Å². The average molecular weight is 350 g/mol. The van der Waals surface area contributed by atoms with Gasteiger partial charge in [0.15, 0.2) is 0 Å². The van der Waals surface area contributed by atoms with Gasteiger partial charge in [-0.1, -0.05) is 48.2 Å². The Morgan fingerprint density at radius 1 is 0.870 bits per heavy atom. The SMILES string of the molecule is Fc1ccc(CN2CSC(=S)N(Cc3ccc(F)cc3)C2)cc1. The van der Waals surface area contributed by atoms with Crippen LogP contribution in [-0.2, 0) is 13.1 Å². The van der Waals surface area contributed by atoms with Crippen molar-refractivity contribution in [3.8, 4) is 0 Å². The van der Waals surface area contributed by atoms with E-state index >= 15 is 0 Å². The molecule has 2 nitrogen and oxygen atoms in total. The molecule has 0 aromatic heterocycles. The summed E-state index contributed by atoms with van der Waals surface area (Å²) >= 11 is 7.04. The first-order chi connectivity index (χ1) is 11.1. The Labute approximate surface area is 144 Å². The van der Waals surface area contributed by atoms with Crippen LogP contribution in [0.2, 0.25) is 0 Å². The molecule has 2 aromatic carbocycles. The Balaban J connectivity index is 1.63. The van der Waals surface area contributed by atoms with Gasteiger partial charge in [-0.2, -0.15) is 0 Å². The number of thioether (sulfide) groups is 1. The Kier molecular flexibility index (Phi) is 5.25. The molecule has 6 heteroatoms. The number of thiocarbonyl (C=S) groups is 1. The summed E-state index contributed by atoms with van der Waals surface area (Å²) in [5, 5.41) is 0. The van der Waals surface area contributed by atoms with Crippen LogP contribution in [0.5, 0.6) is 0 Å². The minimum atomic E-state index is -0.234. The molecule has 1 heterocycles. The third-order valence-corrected chi connectivity index (χ3v) is 5.22. The van der Waals surface area contributed by atoms with Crippen molar-refractivity contribution in [3.05, 3.63) is 71.3 Å². The number of hydrogen-bond donors (Lipinski definition) is 0. The van der Waals surface area contributed by atoms with E-state index in [0.717, 1.165) is 27.9 Å². The summed E-state index contributed by atoms with van der Waals surface area (Å²) in [7, 11) is 0. The summed E-state index contributed by atoms with van der Waals surface area (Å²) in [4.78, 5) is 4.34. The Morgan fingerprint density at radius 3 is 1.96 bits per heavy atom. The zero-order chi connectivity index (χ0) is 16.2. The van der Waals surface area contributed by atoms with Crippen molar-refractivity contribution in [2.45, 2.75) is 13.1 Å². The standard InChI is InChI=1S/C17H16F2N2S2/c18-15-5-1-13(2-6-15)9-20-11-21(17(22)23-12-20)10-14-3-7-16(19)8-4-14/h1-8H,9-12H2. The molecule has 0 spiro atoms. The van der Waals surface area contributed by atoms with Crippen molar-refractivity contribution in [2.75, 3.05) is 12.5 Å². The summed E-state index contributed by atoms with van der Waals surface area (Å²) in [6.45, 7) is 2.11. The molecule has 1 saturated heterocycles. The van der Waals surface area contributed by atoms with E-state index in [1.165, 1.54) is 24.3 Å². The summed E-state index contributed by atoms with van der Waals surface area (Å²) in [5.74, 6) is 0.360. The lowest BCUT2D eigenvalue weighted by atomic mass is 10.2. The predicted molar refractivity (Wildman–Crippen MR) is 93.8 cm³/mol. The largest absolute Gasteiger partial charge is 0.340 e. The summed E-state index contributed by atoms with van der Waals surface area (Å²) in [5.41, 5.74) is 2.10. The topological polar surface area (TPSA) is 6.48 Å². The van der Waals surface area contributed by atoms with E-state index in [2.05, 4.69) is 9.80 Å². The molecule has 2 aromatic rings. The van der Waals surface area contributed by atoms with Gasteiger partial charge in [0, 0.05) is 13.1 Å². The van der Waals surface area contributed by atoms with Crippen LogP contribution in [0.1, 0.15) is 11.1 Å². The van der Waals surface area contributed by atoms with E-state index in [-0.39, 0.29) is 11.6 Å². The lowest BCUT2D eigenvalue weighted by molar-refractivity contribution is 0.201. The molecule has 0 amide bonds. The highest BCUT2D eigenvalue weighted by molar-refractivity contribution is 8.22. The minimum absolute atomic E-state index is 0.221. The third-order valence-electron chi connectivity index (χ3n) is 3.61. The second-order valence-electron chi connectivity index (χ2n) is 5.46. The second-order valence-corrected chi connectivity index (χ2v) is 7.04. The molecule has 0 aliphatic carbocycles. The van der Waals surface area contributed by atoms with Crippen LogP contribution < -0.4 is 0 Å². The molecular formula is C17H16F2N2S2. The van der Waals surface area contributed by atoms with Gasteiger partial charge in [0.2, 0.25) is 0 Å². The monoisotopic (exact) mass is 350 g/mol. The fourth-order valence-corrected chi connectivity index (χ4v) is 3.50. The molecule has 3 rings (SSSR count). The van der Waals surface area contributed by atoms with Crippen LogP contribution in [0, 0.1) is 11.6 Å². The molecule has 0 saturated carbocycles. The van der Waals surface area contributed by atoms with Crippen LogP contribution >= 0.6 is 24.0 Å². The quantitative estimate of drug-likeness (QED) is 0.762. The van der Waals surface area contributed by atoms with Crippen molar-refractivity contribution < 1.29 is 8.78 Å². The van der Waals surface area contributed by atoms with Crippen molar-refractivity contribution in [3.63, 3.8) is 0 Å². The zero-order valence-corrected chi connectivity index (χ0v) is 14.0. The van der Waals surface area contributed by atoms with Crippen molar-refractivity contribution in [2.24, 2.45) is 0 Å². The van der Waals surface area contributed by atoms with Crippen LogP contribution in [0.4, 0.5) is 8.78 Å². The van der Waals surface area contributed by atoms with Gasteiger partial charge in [-0.05, 0) is 35.4 Å². The molecule has 120 valence electrons. The average Bonchev–Trinajstić information content (AvgIpc) is 2.55. The van der Waals surface area contributed by atoms with Crippen LogP contribution in [0.15, 0.2) is 48.5 Å². The van der Waals surface area contributed by atoms with Crippen molar-refractivity contribution in [1.29, 1.82) is 0 Å². The third kappa shape index (κ3) is 4.50. The maximum Gasteiger partial charge on any atom is 0.138 e. The maximum absolute atomic E-state index is 13.0. The minimum Gasteiger partial charge on any atom is -0.340 e. The van der Waals surface area contributed by atoms with Gasteiger partial charge in [0.1, 0.15) is 16.0 Å². The lowest BCUT2D eigenvalue weighted by Gasteiger charge is -2.36. The lowest BCUT2D eigenvalue weighted by Crippen LogP contribution is -2.43. The van der Waals surface area contributed by atoms with Crippen molar-refractivity contribution in [1.82, 2.24) is 9.80 Å². The molecule has 0 N–H and O–H groups in total. The highest BCUT2D eigenvalue weighted by Gasteiger charge is 2.21. The Bertz CT molecular complexity index is 674. The molecule has 1 aliphatic heterocycles. The fraction of sp³-hybridized carbons (Fsp3) is 0.235. The van der Waals surface area contributed by atoms with E-state index in [1.807, 2.05) is 0 Å². The highest BCUT2D eigenvalue weighted by atomic mass is 32.2. The van der Waals surface area contributed by atoms with Gasteiger partial charge in [-0.15, -0.1) is 0 Å². The normalized spacial score (nSPS) is 15.9. The molecule has 1 fully saturated rings. The van der Waals surface area contributed by atoms with E-state index in [1.54, 1.807) is 36.0 Å². The van der Waals surface area contributed by atoms with Crippen LogP contribution in [0.25, 0.3) is 0 Å². The van der Waals surface area contributed by atoms with E-state index in [0.29, 0.717) is 13.2 Å². The molecular weight excluding hydrogens is 334 g/mol. The molecule has 0 atom stereocenters. The Hall–Kier alpha value is -1.50. The van der Waals surface area contributed by atoms with Crippen LogP contribution in [-0.4, -0.2) is 26.7 Å². The van der Waals surface area contributed by atoms with Gasteiger partial charge >= 0.3 is 0 Å². The summed E-state index contributed by atoms with van der Waals surface area (Å²) in [6.07, 6.45) is 0. The first-order valence-electron chi connectivity index (χ1n) is 7.23. The molecule has 0 unspecified atom stereocenters. The number of nitrogens with zero attached hydrogens (tertiary/aromatic N) is 2.